The number of anilines is 1. The van der Waals surface area contributed by atoms with Crippen molar-refractivity contribution in [2.45, 2.75) is 19.0 Å². The third kappa shape index (κ3) is 2.91. The number of benzene rings is 1. The number of nitrogens with zero attached hydrogens (tertiary/aromatic N) is 1. The first kappa shape index (κ1) is 12.2. The van der Waals surface area contributed by atoms with E-state index in [0.717, 1.165) is 37.4 Å². The summed E-state index contributed by atoms with van der Waals surface area (Å²) in [6.45, 7) is 0.751. The molecule has 0 aliphatic carbocycles. The van der Waals surface area contributed by atoms with Gasteiger partial charge >= 0.3 is 6.18 Å². The van der Waals surface area contributed by atoms with E-state index in [1.165, 1.54) is 6.07 Å². The van der Waals surface area contributed by atoms with Gasteiger partial charge in [-0.05, 0) is 24.6 Å². The van der Waals surface area contributed by atoms with Crippen LogP contribution in [0.25, 0.3) is 0 Å². The molecular formula is C11H10ClF3N2. The largest absolute Gasteiger partial charge is 0.416 e. The molecule has 0 aromatic heterocycles. The van der Waals surface area contributed by atoms with Crippen LogP contribution in [0.5, 0.6) is 0 Å². The van der Waals surface area contributed by atoms with E-state index < -0.39 is 11.7 Å². The average molecular weight is 263 g/mol. The highest BCUT2D eigenvalue weighted by Gasteiger charge is 2.30. The van der Waals surface area contributed by atoms with Crippen molar-refractivity contribution in [2.75, 3.05) is 11.9 Å². The van der Waals surface area contributed by atoms with Gasteiger partial charge in [0.1, 0.15) is 5.84 Å². The number of rotatable bonds is 1. The smallest absolute Gasteiger partial charge is 0.343 e. The maximum Gasteiger partial charge on any atom is 0.416 e. The lowest BCUT2D eigenvalue weighted by molar-refractivity contribution is -0.137. The first-order valence-electron chi connectivity index (χ1n) is 5.14. The first-order valence-corrected chi connectivity index (χ1v) is 5.52. The summed E-state index contributed by atoms with van der Waals surface area (Å²) in [6.07, 6.45) is -2.61. The van der Waals surface area contributed by atoms with E-state index in [1.54, 1.807) is 0 Å². The molecule has 0 saturated heterocycles. The number of alkyl halides is 3. The van der Waals surface area contributed by atoms with Gasteiger partial charge in [0.25, 0.3) is 0 Å². The highest BCUT2D eigenvalue weighted by molar-refractivity contribution is 6.33. The maximum absolute atomic E-state index is 12.4. The fourth-order valence-corrected chi connectivity index (χ4v) is 1.82. The second kappa shape index (κ2) is 4.56. The van der Waals surface area contributed by atoms with Crippen molar-refractivity contribution in [3.63, 3.8) is 0 Å². The normalized spacial score (nSPS) is 15.9. The van der Waals surface area contributed by atoms with Crippen LogP contribution in [0.4, 0.5) is 18.9 Å². The van der Waals surface area contributed by atoms with Crippen LogP contribution < -0.4 is 5.32 Å². The lowest BCUT2D eigenvalue weighted by Gasteiger charge is -2.11. The van der Waals surface area contributed by atoms with E-state index >= 15 is 0 Å². The summed E-state index contributed by atoms with van der Waals surface area (Å²) in [4.78, 5) is 4.17. The van der Waals surface area contributed by atoms with Crippen molar-refractivity contribution in [1.82, 2.24) is 0 Å². The minimum absolute atomic E-state index is 0.0504. The Morgan fingerprint density at radius 2 is 2.06 bits per heavy atom. The molecular weight excluding hydrogens is 253 g/mol. The Labute approximate surface area is 101 Å². The van der Waals surface area contributed by atoms with Crippen molar-refractivity contribution >= 4 is 23.1 Å². The summed E-state index contributed by atoms with van der Waals surface area (Å²) < 4.78 is 37.2. The van der Waals surface area contributed by atoms with Gasteiger partial charge in [-0.25, -0.2) is 0 Å². The molecule has 0 atom stereocenters. The van der Waals surface area contributed by atoms with Crippen LogP contribution in [0.1, 0.15) is 18.4 Å². The van der Waals surface area contributed by atoms with E-state index in [2.05, 4.69) is 10.3 Å². The van der Waals surface area contributed by atoms with Crippen molar-refractivity contribution in [1.29, 1.82) is 0 Å². The van der Waals surface area contributed by atoms with Crippen LogP contribution in [-0.2, 0) is 6.18 Å². The van der Waals surface area contributed by atoms with Crippen LogP contribution in [0.15, 0.2) is 23.2 Å². The minimum atomic E-state index is -4.37. The lowest BCUT2D eigenvalue weighted by Crippen LogP contribution is -2.10. The number of amidine groups is 1. The van der Waals surface area contributed by atoms with Gasteiger partial charge in [0.2, 0.25) is 0 Å². The van der Waals surface area contributed by atoms with E-state index in [-0.39, 0.29) is 5.02 Å². The van der Waals surface area contributed by atoms with Crippen LogP contribution in [0.2, 0.25) is 5.02 Å². The molecule has 0 spiro atoms. The van der Waals surface area contributed by atoms with E-state index in [0.29, 0.717) is 5.69 Å². The average Bonchev–Trinajstić information content (AvgIpc) is 2.72. The molecule has 1 aromatic carbocycles. The van der Waals surface area contributed by atoms with Crippen LogP contribution >= 0.6 is 11.6 Å². The zero-order valence-corrected chi connectivity index (χ0v) is 9.57. The molecule has 0 amide bonds. The number of nitrogens with one attached hydrogen (secondary N) is 1. The zero-order valence-electron chi connectivity index (χ0n) is 8.81. The van der Waals surface area contributed by atoms with Crippen molar-refractivity contribution in [2.24, 2.45) is 4.99 Å². The maximum atomic E-state index is 12.4. The first-order chi connectivity index (χ1) is 7.97. The Balaban J connectivity index is 2.20. The Hall–Kier alpha value is -1.23. The molecule has 1 aliphatic rings. The summed E-state index contributed by atoms with van der Waals surface area (Å²) in [7, 11) is 0. The van der Waals surface area contributed by atoms with Gasteiger partial charge in [0.05, 0.1) is 16.3 Å². The summed E-state index contributed by atoms with van der Waals surface area (Å²) in [5.74, 6) is 0.770. The lowest BCUT2D eigenvalue weighted by atomic mass is 10.2. The molecule has 2 nitrogen and oxygen atoms in total. The SMILES string of the molecule is FC(F)(F)c1ccc(NC2=NCCC2)c(Cl)c1. The fraction of sp³-hybridized carbons (Fsp3) is 0.364. The van der Waals surface area contributed by atoms with E-state index in [1.807, 2.05) is 0 Å². The Bertz CT molecular complexity index is 455. The van der Waals surface area contributed by atoms with Crippen LogP contribution in [0, 0.1) is 0 Å². The number of hydrogen-bond donors (Lipinski definition) is 1. The van der Waals surface area contributed by atoms with Crippen molar-refractivity contribution in [3.8, 4) is 0 Å². The topological polar surface area (TPSA) is 24.4 Å². The molecule has 0 saturated carbocycles. The third-order valence-electron chi connectivity index (χ3n) is 2.45. The molecule has 1 heterocycles. The van der Waals surface area contributed by atoms with E-state index in [9.17, 15) is 13.2 Å². The summed E-state index contributed by atoms with van der Waals surface area (Å²) in [5.41, 5.74) is -0.290. The molecule has 17 heavy (non-hydrogen) atoms. The predicted molar refractivity (Wildman–Crippen MR) is 61.6 cm³/mol. The highest BCUT2D eigenvalue weighted by atomic mass is 35.5. The van der Waals surface area contributed by atoms with Gasteiger partial charge in [0, 0.05) is 13.0 Å². The third-order valence-corrected chi connectivity index (χ3v) is 2.76. The Morgan fingerprint density at radius 1 is 1.29 bits per heavy atom. The van der Waals surface area contributed by atoms with E-state index in [4.69, 9.17) is 11.6 Å². The monoisotopic (exact) mass is 262 g/mol. The van der Waals surface area contributed by atoms with Crippen molar-refractivity contribution in [3.05, 3.63) is 28.8 Å². The minimum Gasteiger partial charge on any atom is -0.343 e. The zero-order chi connectivity index (χ0) is 12.5. The van der Waals surface area contributed by atoms with Gasteiger partial charge < -0.3 is 5.32 Å². The Kier molecular flexibility index (Phi) is 3.28. The van der Waals surface area contributed by atoms with Gasteiger partial charge in [-0.3, -0.25) is 4.99 Å². The van der Waals surface area contributed by atoms with Gasteiger partial charge in [-0.2, -0.15) is 13.2 Å². The van der Waals surface area contributed by atoms with Gasteiger partial charge in [-0.1, -0.05) is 11.6 Å². The fourth-order valence-electron chi connectivity index (χ4n) is 1.59. The molecule has 1 aliphatic heterocycles. The Morgan fingerprint density at radius 3 is 2.59 bits per heavy atom. The number of halogens is 4. The highest BCUT2D eigenvalue weighted by Crippen LogP contribution is 2.33. The molecule has 92 valence electrons. The van der Waals surface area contributed by atoms with Crippen LogP contribution in [0.3, 0.4) is 0 Å². The van der Waals surface area contributed by atoms with Crippen molar-refractivity contribution < 1.29 is 13.2 Å². The standard InChI is InChI=1S/C11H10ClF3N2/c12-8-6-7(11(13,14)15)3-4-9(8)17-10-2-1-5-16-10/h3-4,6H,1-2,5H2,(H,16,17). The number of hydrogen-bond acceptors (Lipinski definition) is 2. The molecule has 0 fully saturated rings. The second-order valence-electron chi connectivity index (χ2n) is 3.75. The summed E-state index contributed by atoms with van der Waals surface area (Å²) in [6, 6.07) is 3.25. The van der Waals surface area contributed by atoms with Crippen LogP contribution in [-0.4, -0.2) is 12.4 Å². The summed E-state index contributed by atoms with van der Waals surface area (Å²) >= 11 is 5.80. The predicted octanol–water partition coefficient (Wildman–Crippen LogP) is 3.96. The second-order valence-corrected chi connectivity index (χ2v) is 4.16. The molecule has 1 aromatic rings. The van der Waals surface area contributed by atoms with Gasteiger partial charge in [0.15, 0.2) is 0 Å². The number of aliphatic imine (C=N–C) groups is 1. The summed E-state index contributed by atoms with van der Waals surface area (Å²) in [5, 5.41) is 2.99. The molecule has 0 bridgehead atoms. The quantitative estimate of drug-likeness (QED) is 0.814. The molecule has 6 heteroatoms. The molecule has 0 unspecified atom stereocenters. The molecule has 1 N–H and O–H groups in total. The molecule has 2 rings (SSSR count). The van der Waals surface area contributed by atoms with Gasteiger partial charge in [-0.15, -0.1) is 0 Å². The molecule has 0 radical (unpaired) electrons.